The van der Waals surface area contributed by atoms with E-state index in [4.69, 9.17) is 11.6 Å². The van der Waals surface area contributed by atoms with Gasteiger partial charge in [0, 0.05) is 37.6 Å². The molecule has 0 spiro atoms. The van der Waals surface area contributed by atoms with Crippen molar-refractivity contribution in [1.82, 2.24) is 4.90 Å². The number of hydrogen-bond donors (Lipinski definition) is 1. The largest absolute Gasteiger partial charge is 0.371 e. The maximum absolute atomic E-state index is 13.1. The number of alkyl halides is 1. The summed E-state index contributed by atoms with van der Waals surface area (Å²) in [5.74, 6) is -0.327. The lowest BCUT2D eigenvalue weighted by atomic mass is 10.1. The SMILES string of the molecule is CCN(CC)C(=O)c1cc(NC(=O)C(Cl)c2ccccc2)ccc1N1CCCC1. The molecule has 3 rings (SSSR count). The standard InChI is InChI=1S/C23H28ClN3O2/c1-3-26(4-2)23(29)19-16-18(12-13-20(19)27-14-8-9-15-27)25-22(28)21(24)17-10-6-5-7-11-17/h5-7,10-13,16,21H,3-4,8-9,14-15H2,1-2H3,(H,25,28). The number of rotatable bonds is 7. The maximum atomic E-state index is 13.1. The van der Waals surface area contributed by atoms with Gasteiger partial charge >= 0.3 is 0 Å². The predicted molar refractivity (Wildman–Crippen MR) is 119 cm³/mol. The molecule has 6 heteroatoms. The van der Waals surface area contributed by atoms with E-state index in [2.05, 4.69) is 10.2 Å². The minimum absolute atomic E-state index is 0.0153. The Labute approximate surface area is 177 Å². The van der Waals surface area contributed by atoms with Gasteiger partial charge in [0.05, 0.1) is 5.56 Å². The van der Waals surface area contributed by atoms with Gasteiger partial charge in [0.25, 0.3) is 5.91 Å². The van der Waals surface area contributed by atoms with Gasteiger partial charge in [0.2, 0.25) is 5.91 Å². The molecule has 2 aromatic rings. The second-order valence-corrected chi connectivity index (χ2v) is 7.60. The third-order valence-corrected chi connectivity index (χ3v) is 5.76. The zero-order valence-electron chi connectivity index (χ0n) is 17.0. The molecule has 1 aliphatic heterocycles. The molecule has 1 aliphatic rings. The monoisotopic (exact) mass is 413 g/mol. The van der Waals surface area contributed by atoms with Crippen molar-refractivity contribution in [3.05, 3.63) is 59.7 Å². The number of halogens is 1. The van der Waals surface area contributed by atoms with Gasteiger partial charge in [-0.15, -0.1) is 11.6 Å². The average molecular weight is 414 g/mol. The lowest BCUT2D eigenvalue weighted by Crippen LogP contribution is -2.32. The number of hydrogen-bond acceptors (Lipinski definition) is 3. The van der Waals surface area contributed by atoms with Crippen LogP contribution in [-0.4, -0.2) is 42.9 Å². The van der Waals surface area contributed by atoms with Crippen LogP contribution in [0, 0.1) is 0 Å². The summed E-state index contributed by atoms with van der Waals surface area (Å²) in [6.45, 7) is 7.12. The predicted octanol–water partition coefficient (Wildman–Crippen LogP) is 4.69. The van der Waals surface area contributed by atoms with Crippen LogP contribution in [0.3, 0.4) is 0 Å². The first-order chi connectivity index (χ1) is 14.0. The Balaban J connectivity index is 1.87. The first-order valence-corrected chi connectivity index (χ1v) is 10.7. The Bertz CT molecular complexity index is 846. The van der Waals surface area contributed by atoms with Gasteiger partial charge in [0.15, 0.2) is 0 Å². The topological polar surface area (TPSA) is 52.7 Å². The van der Waals surface area contributed by atoms with Crippen LogP contribution in [0.5, 0.6) is 0 Å². The summed E-state index contributed by atoms with van der Waals surface area (Å²) in [5, 5.41) is 2.07. The molecule has 154 valence electrons. The Hall–Kier alpha value is -2.53. The van der Waals surface area contributed by atoms with Crippen molar-refractivity contribution in [1.29, 1.82) is 0 Å². The molecule has 2 amide bonds. The molecule has 2 aromatic carbocycles. The van der Waals surface area contributed by atoms with E-state index in [1.165, 1.54) is 0 Å². The number of benzene rings is 2. The van der Waals surface area contributed by atoms with Gasteiger partial charge in [-0.25, -0.2) is 0 Å². The summed E-state index contributed by atoms with van der Waals surface area (Å²) in [4.78, 5) is 29.8. The highest BCUT2D eigenvalue weighted by atomic mass is 35.5. The molecule has 0 radical (unpaired) electrons. The van der Waals surface area contributed by atoms with Gasteiger partial charge < -0.3 is 15.1 Å². The molecule has 1 unspecified atom stereocenters. The molecule has 0 bridgehead atoms. The highest BCUT2D eigenvalue weighted by Crippen LogP contribution is 2.30. The van der Waals surface area contributed by atoms with Gasteiger partial charge in [-0.3, -0.25) is 9.59 Å². The third-order valence-electron chi connectivity index (χ3n) is 5.31. The fraction of sp³-hybridized carbons (Fsp3) is 0.391. The van der Waals surface area contributed by atoms with Crippen LogP contribution in [0.25, 0.3) is 0 Å². The Kier molecular flexibility index (Phi) is 7.15. The van der Waals surface area contributed by atoms with Crippen molar-refractivity contribution in [2.24, 2.45) is 0 Å². The van der Waals surface area contributed by atoms with Gasteiger partial charge in [-0.2, -0.15) is 0 Å². The van der Waals surface area contributed by atoms with Gasteiger partial charge in [0.1, 0.15) is 5.38 Å². The first-order valence-electron chi connectivity index (χ1n) is 10.2. The van der Waals surface area contributed by atoms with E-state index in [0.29, 0.717) is 24.3 Å². The normalized spacial score (nSPS) is 14.5. The Morgan fingerprint density at radius 1 is 1.07 bits per heavy atom. The van der Waals surface area contributed by atoms with E-state index in [0.717, 1.165) is 37.2 Å². The molecule has 1 N–H and O–H groups in total. The summed E-state index contributed by atoms with van der Waals surface area (Å²) < 4.78 is 0. The number of nitrogens with zero attached hydrogens (tertiary/aromatic N) is 2. The summed E-state index contributed by atoms with van der Waals surface area (Å²) in [5.41, 5.74) is 2.87. The van der Waals surface area contributed by atoms with Crippen LogP contribution in [0.4, 0.5) is 11.4 Å². The second-order valence-electron chi connectivity index (χ2n) is 7.17. The molecule has 1 saturated heterocycles. The van der Waals surface area contributed by atoms with Crippen LogP contribution in [-0.2, 0) is 4.79 Å². The van der Waals surface area contributed by atoms with Crippen molar-refractivity contribution in [2.45, 2.75) is 32.1 Å². The molecule has 1 heterocycles. The quantitative estimate of drug-likeness (QED) is 0.670. The molecule has 1 fully saturated rings. The van der Waals surface area contributed by atoms with E-state index in [9.17, 15) is 9.59 Å². The number of carbonyl (C=O) groups is 2. The molecule has 29 heavy (non-hydrogen) atoms. The number of carbonyl (C=O) groups excluding carboxylic acids is 2. The zero-order valence-corrected chi connectivity index (χ0v) is 17.8. The summed E-state index contributed by atoms with van der Waals surface area (Å²) in [6, 6.07) is 14.8. The minimum atomic E-state index is -0.795. The van der Waals surface area contributed by atoms with E-state index < -0.39 is 5.38 Å². The van der Waals surface area contributed by atoms with Crippen LogP contribution >= 0.6 is 11.6 Å². The molecular formula is C23H28ClN3O2. The fourth-order valence-corrected chi connectivity index (χ4v) is 3.88. The van der Waals surface area contributed by atoms with Crippen molar-refractivity contribution in [2.75, 3.05) is 36.4 Å². The molecule has 0 saturated carbocycles. The lowest BCUT2D eigenvalue weighted by Gasteiger charge is -2.25. The Morgan fingerprint density at radius 3 is 2.34 bits per heavy atom. The van der Waals surface area contributed by atoms with Crippen LogP contribution in [0.1, 0.15) is 48.0 Å². The summed E-state index contributed by atoms with van der Waals surface area (Å²) >= 11 is 6.34. The van der Waals surface area contributed by atoms with Crippen molar-refractivity contribution < 1.29 is 9.59 Å². The molecule has 0 aliphatic carbocycles. The molecular weight excluding hydrogens is 386 g/mol. The summed E-state index contributed by atoms with van der Waals surface area (Å²) in [6.07, 6.45) is 2.25. The molecule has 1 atom stereocenters. The van der Waals surface area contributed by atoms with Crippen LogP contribution < -0.4 is 10.2 Å². The van der Waals surface area contributed by atoms with Crippen molar-refractivity contribution in [3.63, 3.8) is 0 Å². The first kappa shape index (κ1) is 21.2. The summed E-state index contributed by atoms with van der Waals surface area (Å²) in [7, 11) is 0. The highest BCUT2D eigenvalue weighted by molar-refractivity contribution is 6.32. The van der Waals surface area contributed by atoms with E-state index in [1.54, 1.807) is 11.0 Å². The zero-order chi connectivity index (χ0) is 20.8. The van der Waals surface area contributed by atoms with E-state index >= 15 is 0 Å². The number of anilines is 2. The van der Waals surface area contributed by atoms with Gasteiger partial charge in [-0.05, 0) is 50.5 Å². The number of amides is 2. The lowest BCUT2D eigenvalue weighted by molar-refractivity contribution is -0.116. The van der Waals surface area contributed by atoms with Gasteiger partial charge in [-0.1, -0.05) is 30.3 Å². The van der Waals surface area contributed by atoms with Crippen LogP contribution in [0.2, 0.25) is 0 Å². The van der Waals surface area contributed by atoms with Crippen LogP contribution in [0.15, 0.2) is 48.5 Å². The number of nitrogens with one attached hydrogen (secondary N) is 1. The van der Waals surface area contributed by atoms with Crippen molar-refractivity contribution >= 4 is 34.8 Å². The van der Waals surface area contributed by atoms with Crippen molar-refractivity contribution in [3.8, 4) is 0 Å². The highest BCUT2D eigenvalue weighted by Gasteiger charge is 2.24. The molecule has 5 nitrogen and oxygen atoms in total. The third kappa shape index (κ3) is 4.91. The smallest absolute Gasteiger partial charge is 0.256 e. The second kappa shape index (κ2) is 9.79. The fourth-order valence-electron chi connectivity index (χ4n) is 3.68. The maximum Gasteiger partial charge on any atom is 0.256 e. The Morgan fingerprint density at radius 2 is 1.72 bits per heavy atom. The molecule has 0 aromatic heterocycles. The van der Waals surface area contributed by atoms with E-state index in [-0.39, 0.29) is 11.8 Å². The minimum Gasteiger partial charge on any atom is -0.371 e. The average Bonchev–Trinajstić information content (AvgIpc) is 3.29. The van der Waals surface area contributed by atoms with E-state index in [1.807, 2.05) is 56.3 Å².